The zero-order valence-corrected chi connectivity index (χ0v) is 5.10. The van der Waals surface area contributed by atoms with Crippen LogP contribution in [0.2, 0.25) is 0 Å². The molecule has 0 saturated heterocycles. The maximum absolute atomic E-state index is 9.03. The van der Waals surface area contributed by atoms with Crippen molar-refractivity contribution in [3.8, 4) is 0 Å². The Bertz CT molecular complexity index is 355. The van der Waals surface area contributed by atoms with Gasteiger partial charge >= 0.3 is 0 Å². The van der Waals surface area contributed by atoms with E-state index < -0.39 is 0 Å². The number of fused-ring (bicyclic) bond motifs is 1. The summed E-state index contributed by atoms with van der Waals surface area (Å²) in [6.07, 6.45) is 2.95. The van der Waals surface area contributed by atoms with Gasteiger partial charge in [-0.1, -0.05) is 0 Å². The van der Waals surface area contributed by atoms with Crippen LogP contribution in [0.4, 0.5) is 0 Å². The Hall–Kier alpha value is -1.58. The van der Waals surface area contributed by atoms with Crippen LogP contribution in [0.5, 0.6) is 0 Å². The largest absolute Gasteiger partial charge is 0.427 e. The molecule has 0 fully saturated rings. The monoisotopic (exact) mass is 135 g/mol. The van der Waals surface area contributed by atoms with E-state index in [1.807, 2.05) is 0 Å². The van der Waals surface area contributed by atoms with Crippen LogP contribution < -0.4 is 0 Å². The van der Waals surface area contributed by atoms with Crippen molar-refractivity contribution >= 4 is 11.2 Å². The first-order valence-electron chi connectivity index (χ1n) is 2.85. The van der Waals surface area contributed by atoms with E-state index >= 15 is 0 Å². The maximum atomic E-state index is 9.03. The van der Waals surface area contributed by atoms with Crippen LogP contribution in [0.1, 0.15) is 0 Å². The molecule has 2 aromatic heterocycles. The Morgan fingerprint density at radius 3 is 3.10 bits per heavy atom. The number of pyridine rings is 1. The SMILES string of the molecule is On1cnc2ncccc21. The molecule has 10 heavy (non-hydrogen) atoms. The minimum absolute atomic E-state index is 0.560. The van der Waals surface area contributed by atoms with Gasteiger partial charge < -0.3 is 5.21 Å². The average Bonchev–Trinajstić information content (AvgIpc) is 2.34. The predicted octanol–water partition coefficient (Wildman–Crippen LogP) is 0.669. The third-order valence-electron chi connectivity index (χ3n) is 1.30. The van der Waals surface area contributed by atoms with Gasteiger partial charge in [0, 0.05) is 6.20 Å². The molecule has 0 atom stereocenters. The smallest absolute Gasteiger partial charge is 0.181 e. The Morgan fingerprint density at radius 1 is 1.40 bits per heavy atom. The van der Waals surface area contributed by atoms with E-state index in [0.717, 1.165) is 4.73 Å². The highest BCUT2D eigenvalue weighted by Gasteiger charge is 1.97. The molecular weight excluding hydrogens is 130 g/mol. The Kier molecular flexibility index (Phi) is 0.887. The van der Waals surface area contributed by atoms with Crippen molar-refractivity contribution in [1.82, 2.24) is 14.7 Å². The first-order chi connectivity index (χ1) is 4.88. The average molecular weight is 135 g/mol. The molecule has 0 aliphatic heterocycles. The zero-order valence-electron chi connectivity index (χ0n) is 5.10. The van der Waals surface area contributed by atoms with Gasteiger partial charge in [0.25, 0.3) is 0 Å². The van der Waals surface area contributed by atoms with E-state index in [-0.39, 0.29) is 0 Å². The van der Waals surface area contributed by atoms with Crippen molar-refractivity contribution in [2.24, 2.45) is 0 Å². The summed E-state index contributed by atoms with van der Waals surface area (Å²) in [6, 6.07) is 3.49. The minimum atomic E-state index is 0.560. The lowest BCUT2D eigenvalue weighted by molar-refractivity contribution is 0.198. The van der Waals surface area contributed by atoms with Gasteiger partial charge in [-0.25, -0.2) is 9.97 Å². The van der Waals surface area contributed by atoms with Crippen LogP contribution >= 0.6 is 0 Å². The molecule has 0 unspecified atom stereocenters. The molecule has 1 N–H and O–H groups in total. The highest BCUT2D eigenvalue weighted by molar-refractivity contribution is 5.69. The van der Waals surface area contributed by atoms with Gasteiger partial charge in [-0.2, -0.15) is 4.73 Å². The van der Waals surface area contributed by atoms with Crippen LogP contribution in [0.3, 0.4) is 0 Å². The molecule has 0 aliphatic rings. The number of rotatable bonds is 0. The molecule has 0 radical (unpaired) electrons. The fourth-order valence-electron chi connectivity index (χ4n) is 0.838. The fourth-order valence-corrected chi connectivity index (χ4v) is 0.838. The summed E-state index contributed by atoms with van der Waals surface area (Å²) in [6.45, 7) is 0. The lowest BCUT2D eigenvalue weighted by Gasteiger charge is -1.88. The second kappa shape index (κ2) is 1.70. The van der Waals surface area contributed by atoms with E-state index in [1.165, 1.54) is 6.33 Å². The molecule has 50 valence electrons. The second-order valence-corrected chi connectivity index (χ2v) is 1.94. The predicted molar refractivity (Wildman–Crippen MR) is 34.7 cm³/mol. The van der Waals surface area contributed by atoms with Crippen molar-refractivity contribution < 1.29 is 5.21 Å². The summed E-state index contributed by atoms with van der Waals surface area (Å²) in [5.41, 5.74) is 1.19. The van der Waals surface area contributed by atoms with Gasteiger partial charge in [-0.05, 0) is 12.1 Å². The van der Waals surface area contributed by atoms with Crippen LogP contribution in [-0.2, 0) is 0 Å². The van der Waals surface area contributed by atoms with Gasteiger partial charge in [-0.3, -0.25) is 0 Å². The standard InChI is InChI=1S/C6H5N3O/c10-9-4-8-6-5(9)2-1-3-7-6/h1-4,10H. The summed E-state index contributed by atoms with van der Waals surface area (Å²) in [7, 11) is 0. The molecule has 4 nitrogen and oxygen atoms in total. The van der Waals surface area contributed by atoms with Crippen LogP contribution in [0.25, 0.3) is 11.2 Å². The molecule has 0 aromatic carbocycles. The maximum Gasteiger partial charge on any atom is 0.181 e. The van der Waals surface area contributed by atoms with Crippen molar-refractivity contribution in [3.05, 3.63) is 24.7 Å². The molecule has 2 rings (SSSR count). The number of imidazole rings is 1. The van der Waals surface area contributed by atoms with Gasteiger partial charge in [0.1, 0.15) is 11.8 Å². The number of hydrogen-bond acceptors (Lipinski definition) is 3. The summed E-state index contributed by atoms with van der Waals surface area (Å²) in [5.74, 6) is 0. The second-order valence-electron chi connectivity index (χ2n) is 1.94. The van der Waals surface area contributed by atoms with Gasteiger partial charge in [0.2, 0.25) is 0 Å². The van der Waals surface area contributed by atoms with Crippen molar-refractivity contribution in [1.29, 1.82) is 0 Å². The molecule has 0 bridgehead atoms. The molecular formula is C6H5N3O. The molecule has 4 heteroatoms. The van der Waals surface area contributed by atoms with Gasteiger partial charge in [0.15, 0.2) is 5.65 Å². The van der Waals surface area contributed by atoms with Crippen LogP contribution in [0, 0.1) is 0 Å². The third-order valence-corrected chi connectivity index (χ3v) is 1.30. The lowest BCUT2D eigenvalue weighted by Crippen LogP contribution is -1.85. The fraction of sp³-hybridized carbons (Fsp3) is 0. The van der Waals surface area contributed by atoms with Crippen LogP contribution in [-0.4, -0.2) is 19.9 Å². The molecule has 2 aromatic rings. The van der Waals surface area contributed by atoms with Crippen molar-refractivity contribution in [2.75, 3.05) is 0 Å². The Labute approximate surface area is 56.7 Å². The van der Waals surface area contributed by atoms with Gasteiger partial charge in [-0.15, -0.1) is 0 Å². The first kappa shape index (κ1) is 5.22. The normalized spacial score (nSPS) is 10.4. The highest BCUT2D eigenvalue weighted by Crippen LogP contribution is 2.05. The molecule has 0 amide bonds. The summed E-state index contributed by atoms with van der Waals surface area (Å²) in [4.78, 5) is 7.73. The number of hydrogen-bond donors (Lipinski definition) is 1. The van der Waals surface area contributed by atoms with Gasteiger partial charge in [0.05, 0.1) is 0 Å². The Morgan fingerprint density at radius 2 is 2.30 bits per heavy atom. The Balaban J connectivity index is 2.93. The topological polar surface area (TPSA) is 50.9 Å². The number of aromatic nitrogens is 3. The van der Waals surface area contributed by atoms with E-state index in [2.05, 4.69) is 9.97 Å². The number of nitrogens with zero attached hydrogens (tertiary/aromatic N) is 3. The van der Waals surface area contributed by atoms with E-state index in [4.69, 9.17) is 5.21 Å². The lowest BCUT2D eigenvalue weighted by atomic mass is 10.4. The minimum Gasteiger partial charge on any atom is -0.427 e. The zero-order chi connectivity index (χ0) is 6.97. The molecule has 2 heterocycles. The van der Waals surface area contributed by atoms with Crippen molar-refractivity contribution in [2.45, 2.75) is 0 Å². The molecule has 0 saturated carbocycles. The summed E-state index contributed by atoms with van der Waals surface area (Å²) >= 11 is 0. The summed E-state index contributed by atoms with van der Waals surface area (Å²) < 4.78 is 0.947. The van der Waals surface area contributed by atoms with E-state index in [9.17, 15) is 0 Å². The van der Waals surface area contributed by atoms with E-state index in [0.29, 0.717) is 11.2 Å². The van der Waals surface area contributed by atoms with Crippen LogP contribution in [0.15, 0.2) is 24.7 Å². The van der Waals surface area contributed by atoms with Crippen molar-refractivity contribution in [3.63, 3.8) is 0 Å². The quantitative estimate of drug-likeness (QED) is 0.540. The molecule has 0 aliphatic carbocycles. The first-order valence-corrected chi connectivity index (χ1v) is 2.85. The molecule has 0 spiro atoms. The summed E-state index contributed by atoms with van der Waals surface area (Å²) in [5, 5.41) is 9.03. The third kappa shape index (κ3) is 0.556. The highest BCUT2D eigenvalue weighted by atomic mass is 16.5. The van der Waals surface area contributed by atoms with E-state index in [1.54, 1.807) is 18.3 Å².